The highest BCUT2D eigenvalue weighted by molar-refractivity contribution is 5.93. The Kier molecular flexibility index (Phi) is 5.44. The van der Waals surface area contributed by atoms with Gasteiger partial charge in [-0.2, -0.15) is 0 Å². The molecule has 0 spiro atoms. The van der Waals surface area contributed by atoms with Crippen LogP contribution in [0.1, 0.15) is 5.56 Å². The fraction of sp³-hybridized carbons (Fsp3) is 0.231. The van der Waals surface area contributed by atoms with Gasteiger partial charge in [-0.3, -0.25) is 0 Å². The summed E-state index contributed by atoms with van der Waals surface area (Å²) < 4.78 is 4.56. The van der Waals surface area contributed by atoms with Crippen molar-refractivity contribution in [1.29, 1.82) is 0 Å². The standard InChI is InChI=1S/C13H15NO4/c1-18-13(16)12(9-15)11(8-14-17)7-10-5-3-2-4-6-10/h2-6,8-9,11,15,17H,7H2,1H3. The van der Waals surface area contributed by atoms with Crippen molar-refractivity contribution in [2.45, 2.75) is 6.42 Å². The van der Waals surface area contributed by atoms with Crippen molar-refractivity contribution in [3.05, 3.63) is 47.7 Å². The highest BCUT2D eigenvalue weighted by Gasteiger charge is 2.21. The molecule has 0 aliphatic heterocycles. The van der Waals surface area contributed by atoms with Crippen molar-refractivity contribution in [2.75, 3.05) is 7.11 Å². The summed E-state index contributed by atoms with van der Waals surface area (Å²) in [6.45, 7) is 0. The monoisotopic (exact) mass is 249 g/mol. The minimum atomic E-state index is -0.654. The van der Waals surface area contributed by atoms with Crippen molar-refractivity contribution >= 4 is 12.2 Å². The summed E-state index contributed by atoms with van der Waals surface area (Å²) in [4.78, 5) is 11.5. The fourth-order valence-electron chi connectivity index (χ4n) is 1.61. The molecule has 0 radical (unpaired) electrons. The van der Waals surface area contributed by atoms with E-state index < -0.39 is 11.9 Å². The van der Waals surface area contributed by atoms with Crippen LogP contribution < -0.4 is 0 Å². The highest BCUT2D eigenvalue weighted by atomic mass is 16.5. The van der Waals surface area contributed by atoms with Crippen molar-refractivity contribution in [3.63, 3.8) is 0 Å². The molecule has 0 amide bonds. The normalized spacial score (nSPS) is 13.5. The molecular weight excluding hydrogens is 234 g/mol. The van der Waals surface area contributed by atoms with Crippen molar-refractivity contribution < 1.29 is 19.8 Å². The van der Waals surface area contributed by atoms with E-state index in [4.69, 9.17) is 10.3 Å². The molecule has 96 valence electrons. The summed E-state index contributed by atoms with van der Waals surface area (Å²) in [5.74, 6) is -1.20. The minimum absolute atomic E-state index is 0.0409. The molecule has 0 aliphatic carbocycles. The maximum atomic E-state index is 11.5. The third kappa shape index (κ3) is 3.62. The molecule has 0 saturated heterocycles. The zero-order chi connectivity index (χ0) is 13.4. The lowest BCUT2D eigenvalue weighted by Gasteiger charge is -2.13. The van der Waals surface area contributed by atoms with Gasteiger partial charge in [-0.25, -0.2) is 4.79 Å². The Bertz CT molecular complexity index is 440. The van der Waals surface area contributed by atoms with Crippen LogP contribution in [-0.2, 0) is 16.0 Å². The number of rotatable bonds is 5. The second-order valence-corrected chi connectivity index (χ2v) is 3.64. The predicted octanol–water partition coefficient (Wildman–Crippen LogP) is 1.92. The molecule has 0 heterocycles. The topological polar surface area (TPSA) is 79.1 Å². The van der Waals surface area contributed by atoms with Crippen LogP contribution in [0.3, 0.4) is 0 Å². The van der Waals surface area contributed by atoms with Crippen molar-refractivity contribution in [1.82, 2.24) is 0 Å². The maximum Gasteiger partial charge on any atom is 0.337 e. The zero-order valence-electron chi connectivity index (χ0n) is 9.98. The van der Waals surface area contributed by atoms with E-state index in [1.807, 2.05) is 30.3 Å². The van der Waals surface area contributed by atoms with Crippen LogP contribution in [-0.4, -0.2) is 29.6 Å². The number of carbonyl (C=O) groups is 1. The zero-order valence-corrected chi connectivity index (χ0v) is 9.98. The van der Waals surface area contributed by atoms with E-state index in [1.165, 1.54) is 13.3 Å². The number of aliphatic hydroxyl groups is 1. The summed E-state index contributed by atoms with van der Waals surface area (Å²) in [7, 11) is 1.22. The van der Waals surface area contributed by atoms with Crippen LogP contribution >= 0.6 is 0 Å². The van der Waals surface area contributed by atoms with Crippen LogP contribution in [0.4, 0.5) is 0 Å². The maximum absolute atomic E-state index is 11.5. The summed E-state index contributed by atoms with van der Waals surface area (Å²) in [6, 6.07) is 9.36. The Morgan fingerprint density at radius 2 is 2.11 bits per heavy atom. The quantitative estimate of drug-likeness (QED) is 0.209. The van der Waals surface area contributed by atoms with Crippen LogP contribution in [0.5, 0.6) is 0 Å². The van der Waals surface area contributed by atoms with E-state index in [2.05, 4.69) is 9.89 Å². The fourth-order valence-corrected chi connectivity index (χ4v) is 1.61. The lowest BCUT2D eigenvalue weighted by atomic mass is 9.93. The molecule has 1 atom stereocenters. The van der Waals surface area contributed by atoms with Gasteiger partial charge in [0.15, 0.2) is 0 Å². The smallest absolute Gasteiger partial charge is 0.337 e. The van der Waals surface area contributed by atoms with E-state index in [1.54, 1.807) is 0 Å². The summed E-state index contributed by atoms with van der Waals surface area (Å²) in [5.41, 5.74) is 0.991. The molecule has 5 nitrogen and oxygen atoms in total. The van der Waals surface area contributed by atoms with E-state index in [0.29, 0.717) is 12.7 Å². The summed E-state index contributed by atoms with van der Waals surface area (Å²) in [6.07, 6.45) is 2.29. The van der Waals surface area contributed by atoms with Gasteiger partial charge in [0.25, 0.3) is 0 Å². The van der Waals surface area contributed by atoms with Crippen LogP contribution in [0.25, 0.3) is 0 Å². The van der Waals surface area contributed by atoms with Gasteiger partial charge >= 0.3 is 5.97 Å². The molecule has 0 bridgehead atoms. The van der Waals surface area contributed by atoms with Gasteiger partial charge in [0.05, 0.1) is 25.2 Å². The van der Waals surface area contributed by atoms with Gasteiger partial charge in [-0.05, 0) is 12.0 Å². The van der Waals surface area contributed by atoms with Crippen LogP contribution in [0.15, 0.2) is 47.3 Å². The summed E-state index contributed by atoms with van der Waals surface area (Å²) >= 11 is 0. The number of hydrogen-bond acceptors (Lipinski definition) is 5. The Labute approximate surface area is 105 Å². The number of benzene rings is 1. The first-order valence-corrected chi connectivity index (χ1v) is 5.37. The van der Waals surface area contributed by atoms with Gasteiger partial charge in [0.1, 0.15) is 0 Å². The summed E-state index contributed by atoms with van der Waals surface area (Å²) in [5, 5.41) is 20.7. The minimum Gasteiger partial charge on any atom is -0.515 e. The van der Waals surface area contributed by atoms with Gasteiger partial charge in [-0.1, -0.05) is 30.3 Å². The van der Waals surface area contributed by atoms with Gasteiger partial charge in [0.2, 0.25) is 0 Å². The first kappa shape index (κ1) is 13.8. The van der Waals surface area contributed by atoms with Crippen LogP contribution in [0, 0.1) is 5.92 Å². The van der Waals surface area contributed by atoms with Gasteiger partial charge in [0, 0.05) is 5.92 Å². The second kappa shape index (κ2) is 7.11. The molecule has 0 fully saturated rings. The van der Waals surface area contributed by atoms with Crippen molar-refractivity contribution in [3.8, 4) is 0 Å². The number of methoxy groups -OCH3 is 1. The third-order valence-corrected chi connectivity index (χ3v) is 2.50. The third-order valence-electron chi connectivity index (χ3n) is 2.50. The Balaban J connectivity index is 2.92. The molecular formula is C13H15NO4. The molecule has 1 unspecified atom stereocenters. The highest BCUT2D eigenvalue weighted by Crippen LogP contribution is 2.16. The molecule has 1 aromatic carbocycles. The van der Waals surface area contributed by atoms with E-state index in [-0.39, 0.29) is 5.57 Å². The Hall–Kier alpha value is -2.30. The molecule has 18 heavy (non-hydrogen) atoms. The van der Waals surface area contributed by atoms with E-state index >= 15 is 0 Å². The predicted molar refractivity (Wildman–Crippen MR) is 66.6 cm³/mol. The number of nitrogens with zero attached hydrogens (tertiary/aromatic N) is 1. The number of carbonyl (C=O) groups excluding carboxylic acids is 1. The van der Waals surface area contributed by atoms with E-state index in [0.717, 1.165) is 5.56 Å². The molecule has 2 N–H and O–H groups in total. The Morgan fingerprint density at radius 3 is 2.61 bits per heavy atom. The largest absolute Gasteiger partial charge is 0.515 e. The molecule has 5 heteroatoms. The molecule has 0 aromatic heterocycles. The number of ether oxygens (including phenoxy) is 1. The van der Waals surface area contributed by atoms with Crippen LogP contribution in [0.2, 0.25) is 0 Å². The average Bonchev–Trinajstić information content (AvgIpc) is 2.40. The molecule has 0 aliphatic rings. The lowest BCUT2D eigenvalue weighted by Crippen LogP contribution is -2.18. The SMILES string of the molecule is COC(=O)C(=CO)C(C=NO)Cc1ccccc1. The van der Waals surface area contributed by atoms with Gasteiger partial charge < -0.3 is 15.1 Å². The Morgan fingerprint density at radius 1 is 1.44 bits per heavy atom. The first-order chi connectivity index (χ1) is 8.72. The molecule has 0 saturated carbocycles. The number of hydrogen-bond donors (Lipinski definition) is 2. The second-order valence-electron chi connectivity index (χ2n) is 3.64. The average molecular weight is 249 g/mol. The first-order valence-electron chi connectivity index (χ1n) is 5.37. The number of oxime groups is 1. The van der Waals surface area contributed by atoms with Crippen molar-refractivity contribution in [2.24, 2.45) is 11.1 Å². The lowest BCUT2D eigenvalue weighted by molar-refractivity contribution is -0.136. The molecule has 1 aromatic rings. The molecule has 1 rings (SSSR count). The number of aliphatic hydroxyl groups excluding tert-OH is 1. The van der Waals surface area contributed by atoms with E-state index in [9.17, 15) is 4.79 Å². The number of esters is 1. The van der Waals surface area contributed by atoms with Gasteiger partial charge in [-0.15, -0.1) is 5.16 Å².